The second kappa shape index (κ2) is 8.23. The van der Waals surface area contributed by atoms with E-state index in [4.69, 9.17) is 23.2 Å². The highest BCUT2D eigenvalue weighted by atomic mass is 35.5. The van der Waals surface area contributed by atoms with E-state index in [-0.39, 0.29) is 18.2 Å². The van der Waals surface area contributed by atoms with E-state index in [9.17, 15) is 9.59 Å². The van der Waals surface area contributed by atoms with Gasteiger partial charge in [-0.15, -0.1) is 0 Å². The number of allylic oxidation sites excluding steroid dienone is 1. The molecule has 0 spiro atoms. The summed E-state index contributed by atoms with van der Waals surface area (Å²) < 4.78 is 4.48. The number of carbonyl (C=O) groups is 1. The number of dihydropyridines is 1. The molecule has 142 valence electrons. The average Bonchev–Trinajstić information content (AvgIpc) is 3.03. The number of rotatable bonds is 6. The maximum Gasteiger partial charge on any atom is 0.438 e. The molecule has 1 aromatic heterocycles. The highest BCUT2D eigenvalue weighted by Crippen LogP contribution is 2.29. The van der Waals surface area contributed by atoms with E-state index in [2.05, 4.69) is 19.7 Å². The Morgan fingerprint density at radius 1 is 1.19 bits per heavy atom. The first kappa shape index (κ1) is 19.6. The van der Waals surface area contributed by atoms with Crippen LogP contribution in [0.2, 0.25) is 10.0 Å². The predicted octanol–water partition coefficient (Wildman–Crippen LogP) is 3.60. The first-order chi connectivity index (χ1) is 12.8. The Bertz CT molecular complexity index is 963. The minimum absolute atomic E-state index is 0.0622. The molecule has 2 heterocycles. The number of halogens is 2. The van der Waals surface area contributed by atoms with Gasteiger partial charge in [0.25, 0.3) is 0 Å². The van der Waals surface area contributed by atoms with Gasteiger partial charge in [-0.05, 0) is 41.7 Å². The number of benzene rings is 1. The summed E-state index contributed by atoms with van der Waals surface area (Å²) in [6, 6.07) is 3.70. The second-order valence-electron chi connectivity index (χ2n) is 6.74. The van der Waals surface area contributed by atoms with Gasteiger partial charge in [0.1, 0.15) is 6.54 Å². The molecule has 0 atom stereocenters. The van der Waals surface area contributed by atoms with Crippen LogP contribution in [0.25, 0.3) is 0 Å². The maximum atomic E-state index is 11.9. The van der Waals surface area contributed by atoms with Crippen molar-refractivity contribution in [3.05, 3.63) is 61.3 Å². The first-order valence-electron chi connectivity index (χ1n) is 8.63. The van der Waals surface area contributed by atoms with Gasteiger partial charge in [-0.2, -0.15) is 0 Å². The Balaban J connectivity index is 1.75. The number of Topliss-reactive ketones (excluding diaryl/α,β-unsaturated/α-hetero) is 1. The monoisotopic (exact) mass is 407 g/mol. The Kier molecular flexibility index (Phi) is 5.97. The summed E-state index contributed by atoms with van der Waals surface area (Å²) in [4.78, 5) is 29.8. The van der Waals surface area contributed by atoms with Crippen molar-refractivity contribution in [3.8, 4) is 0 Å². The lowest BCUT2D eigenvalue weighted by Crippen LogP contribution is -2.20. The van der Waals surface area contributed by atoms with Gasteiger partial charge in [0, 0.05) is 34.2 Å². The molecule has 0 aliphatic carbocycles. The van der Waals surface area contributed by atoms with Crippen molar-refractivity contribution < 1.29 is 9.32 Å². The van der Waals surface area contributed by atoms with Crippen molar-refractivity contribution >= 4 is 34.7 Å². The molecule has 0 fully saturated rings. The molecule has 1 aromatic carbocycles. The maximum absolute atomic E-state index is 11.9. The van der Waals surface area contributed by atoms with Gasteiger partial charge in [-0.1, -0.05) is 42.2 Å². The molecule has 6 nitrogen and oxygen atoms in total. The van der Waals surface area contributed by atoms with Gasteiger partial charge in [0.05, 0.1) is 0 Å². The number of aryl methyl sites for hydroxylation is 2. The second-order valence-corrected chi connectivity index (χ2v) is 7.56. The van der Waals surface area contributed by atoms with Crippen molar-refractivity contribution in [2.75, 3.05) is 6.54 Å². The number of nitrogens with zero attached hydrogens (tertiary/aromatic N) is 2. The third kappa shape index (κ3) is 4.76. The van der Waals surface area contributed by atoms with E-state index in [1.807, 2.05) is 32.1 Å². The molecular weight excluding hydrogens is 389 g/mol. The normalized spacial score (nSPS) is 14.5. The van der Waals surface area contributed by atoms with Crippen LogP contribution in [0.1, 0.15) is 30.8 Å². The van der Waals surface area contributed by atoms with Crippen molar-refractivity contribution in [1.29, 1.82) is 0 Å². The lowest BCUT2D eigenvalue weighted by Gasteiger charge is -2.16. The number of aliphatic imine (C=N–C) groups is 1. The van der Waals surface area contributed by atoms with E-state index < -0.39 is 5.76 Å². The van der Waals surface area contributed by atoms with Crippen LogP contribution in [0.3, 0.4) is 0 Å². The van der Waals surface area contributed by atoms with E-state index in [1.165, 1.54) is 0 Å². The Hall–Kier alpha value is -2.18. The van der Waals surface area contributed by atoms with Crippen LogP contribution in [0.15, 0.2) is 38.1 Å². The molecule has 1 aliphatic heterocycles. The van der Waals surface area contributed by atoms with Crippen molar-refractivity contribution in [1.82, 2.24) is 10.1 Å². The average molecular weight is 408 g/mol. The molecule has 0 radical (unpaired) electrons. The summed E-state index contributed by atoms with van der Waals surface area (Å²) in [5.41, 5.74) is 3.29. The molecule has 27 heavy (non-hydrogen) atoms. The predicted molar refractivity (Wildman–Crippen MR) is 105 cm³/mol. The summed E-state index contributed by atoms with van der Waals surface area (Å²) in [5.74, 6) is 0.118. The molecule has 2 aromatic rings. The topological polar surface area (TPSA) is 88.3 Å². The number of carbonyl (C=O) groups excluding carboxylic acids is 1. The molecule has 0 saturated heterocycles. The fourth-order valence-corrected chi connectivity index (χ4v) is 3.61. The molecule has 0 saturated carbocycles. The van der Waals surface area contributed by atoms with Gasteiger partial charge in [0.2, 0.25) is 0 Å². The number of ketones is 1. The molecule has 0 amide bonds. The molecule has 8 heteroatoms. The van der Waals surface area contributed by atoms with Crippen molar-refractivity contribution in [2.45, 2.75) is 33.1 Å². The zero-order chi connectivity index (χ0) is 19.6. The zero-order valence-corrected chi connectivity index (χ0v) is 16.5. The molecule has 1 aliphatic rings. The van der Waals surface area contributed by atoms with Gasteiger partial charge in [0.15, 0.2) is 11.6 Å². The Morgan fingerprint density at radius 3 is 2.48 bits per heavy atom. The number of aromatic amines is 1. The quantitative estimate of drug-likeness (QED) is 0.791. The summed E-state index contributed by atoms with van der Waals surface area (Å²) in [5, 5.41) is 4.73. The number of hydrogen-bond acceptors (Lipinski definition) is 5. The van der Waals surface area contributed by atoms with Gasteiger partial charge < -0.3 is 0 Å². The summed E-state index contributed by atoms with van der Waals surface area (Å²) in [6.45, 7) is 4.15. The molecule has 3 rings (SSSR count). The van der Waals surface area contributed by atoms with Crippen LogP contribution >= 0.6 is 23.2 Å². The molecule has 0 bridgehead atoms. The minimum Gasteiger partial charge on any atom is -0.296 e. The first-order valence-corrected chi connectivity index (χ1v) is 9.39. The smallest absolute Gasteiger partial charge is 0.296 e. The fourth-order valence-electron chi connectivity index (χ4n) is 2.95. The highest BCUT2D eigenvalue weighted by molar-refractivity contribution is 6.36. The fraction of sp³-hybridized carbons (Fsp3) is 0.368. The van der Waals surface area contributed by atoms with Crippen LogP contribution in [-0.2, 0) is 24.1 Å². The van der Waals surface area contributed by atoms with Crippen molar-refractivity contribution in [2.24, 2.45) is 10.9 Å². The number of hydrogen-bond donors (Lipinski definition) is 1. The zero-order valence-electron chi connectivity index (χ0n) is 15.0. The summed E-state index contributed by atoms with van der Waals surface area (Å²) in [6.07, 6.45) is 3.43. The number of H-pyrrole nitrogens is 1. The largest absolute Gasteiger partial charge is 0.438 e. The third-order valence-corrected chi connectivity index (χ3v) is 5.06. The Morgan fingerprint density at radius 2 is 1.89 bits per heavy atom. The Labute approximate surface area is 166 Å². The standard InChI is InChI=1S/C19H19Cl2N3O3/c1-10(2)13-7-12(22-9-17(13)25)8-14-15(20)5-11(6-16(14)21)3-4-18-23-19(26)27-24-18/h5-7,10H,3-4,8-9H2,1-2H3,(H,23,24,26). The van der Waals surface area contributed by atoms with E-state index in [0.717, 1.165) is 22.4 Å². The number of aromatic nitrogens is 2. The van der Waals surface area contributed by atoms with Gasteiger partial charge >= 0.3 is 5.76 Å². The highest BCUT2D eigenvalue weighted by Gasteiger charge is 2.19. The molecule has 0 unspecified atom stereocenters. The summed E-state index contributed by atoms with van der Waals surface area (Å²) in [7, 11) is 0. The van der Waals surface area contributed by atoms with Crippen LogP contribution in [0, 0.1) is 5.92 Å². The van der Waals surface area contributed by atoms with Crippen molar-refractivity contribution in [3.63, 3.8) is 0 Å². The lowest BCUT2D eigenvalue weighted by molar-refractivity contribution is -0.114. The third-order valence-electron chi connectivity index (χ3n) is 4.39. The molecule has 1 N–H and O–H groups in total. The van der Waals surface area contributed by atoms with Crippen LogP contribution in [0.4, 0.5) is 0 Å². The van der Waals surface area contributed by atoms with Crippen LogP contribution in [0.5, 0.6) is 0 Å². The minimum atomic E-state index is -0.572. The van der Waals surface area contributed by atoms with E-state index >= 15 is 0 Å². The van der Waals surface area contributed by atoms with Gasteiger partial charge in [-0.25, -0.2) is 4.79 Å². The molecular formula is C19H19Cl2N3O3. The lowest BCUT2D eigenvalue weighted by atomic mass is 9.93. The van der Waals surface area contributed by atoms with Crippen LogP contribution < -0.4 is 5.76 Å². The van der Waals surface area contributed by atoms with Crippen LogP contribution in [-0.4, -0.2) is 28.2 Å². The van der Waals surface area contributed by atoms with E-state index in [0.29, 0.717) is 35.1 Å². The SMILES string of the molecule is CC(C)C1=CC(Cc2c(Cl)cc(CCc3noc(=O)[nH]3)cc2Cl)=NCC1=O. The summed E-state index contributed by atoms with van der Waals surface area (Å²) >= 11 is 12.9. The van der Waals surface area contributed by atoms with E-state index in [1.54, 1.807) is 0 Å². The van der Waals surface area contributed by atoms with Gasteiger partial charge in [-0.3, -0.25) is 19.3 Å². The number of nitrogens with one attached hydrogen (secondary N) is 1.